The van der Waals surface area contributed by atoms with Crippen molar-refractivity contribution >= 4 is 40.9 Å². The lowest BCUT2D eigenvalue weighted by molar-refractivity contribution is -0.116. The lowest BCUT2D eigenvalue weighted by atomic mass is 9.93. The van der Waals surface area contributed by atoms with Crippen molar-refractivity contribution in [3.8, 4) is 5.75 Å². The summed E-state index contributed by atoms with van der Waals surface area (Å²) >= 11 is 7.67. The summed E-state index contributed by atoms with van der Waals surface area (Å²) in [6.07, 6.45) is 5.03. The molecule has 1 aromatic heterocycles. The van der Waals surface area contributed by atoms with Crippen LogP contribution in [0.3, 0.4) is 0 Å². The Morgan fingerprint density at radius 1 is 1.33 bits per heavy atom. The van der Waals surface area contributed by atoms with Crippen LogP contribution in [0.2, 0.25) is 5.02 Å². The Balaban J connectivity index is 1.51. The summed E-state index contributed by atoms with van der Waals surface area (Å²) < 4.78 is 10.9. The first-order valence-corrected chi connectivity index (χ1v) is 11.8. The van der Waals surface area contributed by atoms with Crippen molar-refractivity contribution in [1.82, 2.24) is 4.90 Å². The van der Waals surface area contributed by atoms with E-state index in [1.54, 1.807) is 43.1 Å². The van der Waals surface area contributed by atoms with Gasteiger partial charge in [-0.25, -0.2) is 0 Å². The molecule has 1 unspecified atom stereocenters. The summed E-state index contributed by atoms with van der Waals surface area (Å²) in [5.74, 6) is 2.66. The van der Waals surface area contributed by atoms with Crippen LogP contribution in [-0.2, 0) is 10.5 Å². The standard InChI is InChI=1S/C22H27ClN2O4S/c1-28-19-8-6-16(23)12-18(19)24-21(26)10-5-15-4-3-11-25(13-15)22(27)20-9-7-17(29-20)14-30-2/h6-9,12,15H,3-5,10-11,13-14H2,1-2H3,(H,24,26). The zero-order valence-electron chi connectivity index (χ0n) is 17.3. The maximum Gasteiger partial charge on any atom is 0.289 e. The third-order valence-electron chi connectivity index (χ3n) is 5.18. The molecular formula is C22H27ClN2O4S. The van der Waals surface area contributed by atoms with Gasteiger partial charge >= 0.3 is 0 Å². The zero-order chi connectivity index (χ0) is 21.5. The molecule has 1 saturated heterocycles. The average Bonchev–Trinajstić information content (AvgIpc) is 3.21. The number of likely N-dealkylation sites (tertiary alicyclic amines) is 1. The van der Waals surface area contributed by atoms with Crippen molar-refractivity contribution in [3.63, 3.8) is 0 Å². The predicted octanol–water partition coefficient (Wildman–Crippen LogP) is 5.08. The smallest absolute Gasteiger partial charge is 0.289 e. The molecule has 1 N–H and O–H groups in total. The quantitative estimate of drug-likeness (QED) is 0.607. The van der Waals surface area contributed by atoms with Crippen LogP contribution in [0.15, 0.2) is 34.7 Å². The Morgan fingerprint density at radius 3 is 2.93 bits per heavy atom. The van der Waals surface area contributed by atoms with E-state index in [-0.39, 0.29) is 17.7 Å². The molecule has 1 aliphatic rings. The van der Waals surface area contributed by atoms with E-state index in [4.69, 9.17) is 20.8 Å². The van der Waals surface area contributed by atoms with Gasteiger partial charge in [0, 0.05) is 24.5 Å². The molecule has 30 heavy (non-hydrogen) atoms. The van der Waals surface area contributed by atoms with Gasteiger partial charge in [-0.1, -0.05) is 11.6 Å². The Hall–Kier alpha value is -2.12. The topological polar surface area (TPSA) is 71.8 Å². The number of halogens is 1. The molecule has 1 aliphatic heterocycles. The molecule has 0 saturated carbocycles. The van der Waals surface area contributed by atoms with Crippen molar-refractivity contribution in [2.75, 3.05) is 31.8 Å². The highest BCUT2D eigenvalue weighted by atomic mass is 35.5. The molecule has 2 amide bonds. The van der Waals surface area contributed by atoms with Crippen molar-refractivity contribution in [3.05, 3.63) is 46.9 Å². The molecule has 0 radical (unpaired) electrons. The second kappa shape index (κ2) is 10.8. The van der Waals surface area contributed by atoms with Crippen LogP contribution < -0.4 is 10.1 Å². The molecule has 8 heteroatoms. The van der Waals surface area contributed by atoms with E-state index in [0.29, 0.717) is 41.6 Å². The number of piperidine rings is 1. The summed E-state index contributed by atoms with van der Waals surface area (Å²) in [5.41, 5.74) is 0.564. The van der Waals surface area contributed by atoms with Crippen LogP contribution in [0.5, 0.6) is 5.75 Å². The van der Waals surface area contributed by atoms with E-state index < -0.39 is 0 Å². The van der Waals surface area contributed by atoms with E-state index in [2.05, 4.69) is 5.32 Å². The summed E-state index contributed by atoms with van der Waals surface area (Å²) in [7, 11) is 1.55. The van der Waals surface area contributed by atoms with Crippen molar-refractivity contribution < 1.29 is 18.7 Å². The van der Waals surface area contributed by atoms with Crippen LogP contribution in [0.1, 0.15) is 42.0 Å². The number of amides is 2. The van der Waals surface area contributed by atoms with Gasteiger partial charge in [0.05, 0.1) is 18.6 Å². The molecule has 162 valence electrons. The molecule has 3 rings (SSSR count). The first-order valence-electron chi connectivity index (χ1n) is 10.0. The van der Waals surface area contributed by atoms with E-state index in [1.165, 1.54) is 0 Å². The number of hydrogen-bond acceptors (Lipinski definition) is 5. The largest absolute Gasteiger partial charge is 0.495 e. The SMILES string of the molecule is COc1ccc(Cl)cc1NC(=O)CCC1CCCN(C(=O)c2ccc(CSC)o2)C1. The minimum atomic E-state index is -0.0910. The van der Waals surface area contributed by atoms with Crippen LogP contribution in [0, 0.1) is 5.92 Å². The van der Waals surface area contributed by atoms with Gasteiger partial charge in [-0.15, -0.1) is 0 Å². The fraction of sp³-hybridized carbons (Fsp3) is 0.455. The number of benzene rings is 1. The molecule has 1 aromatic carbocycles. The highest BCUT2D eigenvalue weighted by Crippen LogP contribution is 2.28. The number of methoxy groups -OCH3 is 1. The molecular weight excluding hydrogens is 424 g/mol. The minimum Gasteiger partial charge on any atom is -0.495 e. The lowest BCUT2D eigenvalue weighted by Gasteiger charge is -2.32. The summed E-state index contributed by atoms with van der Waals surface area (Å²) in [6.45, 7) is 1.37. The van der Waals surface area contributed by atoms with Crippen molar-refractivity contribution in [2.24, 2.45) is 5.92 Å². The van der Waals surface area contributed by atoms with Gasteiger partial charge in [-0.05, 0) is 61.8 Å². The Bertz CT molecular complexity index is 886. The van der Waals surface area contributed by atoms with Crippen LogP contribution in [0.25, 0.3) is 0 Å². The summed E-state index contributed by atoms with van der Waals surface area (Å²) in [5, 5.41) is 3.40. The Kier molecular flexibility index (Phi) is 8.10. The molecule has 0 spiro atoms. The number of rotatable bonds is 8. The summed E-state index contributed by atoms with van der Waals surface area (Å²) in [6, 6.07) is 8.73. The zero-order valence-corrected chi connectivity index (χ0v) is 18.9. The number of nitrogens with zero attached hydrogens (tertiary/aromatic N) is 1. The summed E-state index contributed by atoms with van der Waals surface area (Å²) in [4.78, 5) is 27.0. The maximum atomic E-state index is 12.8. The normalized spacial score (nSPS) is 16.4. The van der Waals surface area contributed by atoms with Crippen LogP contribution in [-0.4, -0.2) is 43.2 Å². The third-order valence-corrected chi connectivity index (χ3v) is 5.99. The van der Waals surface area contributed by atoms with Crippen LogP contribution >= 0.6 is 23.4 Å². The second-order valence-electron chi connectivity index (χ2n) is 7.39. The number of carbonyl (C=O) groups excluding carboxylic acids is 2. The van der Waals surface area contributed by atoms with Crippen molar-refractivity contribution in [1.29, 1.82) is 0 Å². The molecule has 2 heterocycles. The maximum absolute atomic E-state index is 12.8. The lowest BCUT2D eigenvalue weighted by Crippen LogP contribution is -2.40. The minimum absolute atomic E-state index is 0.0693. The van der Waals surface area contributed by atoms with Gasteiger partial charge in [0.2, 0.25) is 5.91 Å². The molecule has 0 bridgehead atoms. The van der Waals surface area contributed by atoms with Gasteiger partial charge in [-0.3, -0.25) is 9.59 Å². The molecule has 1 atom stereocenters. The van der Waals surface area contributed by atoms with Crippen molar-refractivity contribution in [2.45, 2.75) is 31.4 Å². The molecule has 6 nitrogen and oxygen atoms in total. The first-order chi connectivity index (χ1) is 14.5. The van der Waals surface area contributed by atoms with E-state index in [1.807, 2.05) is 17.2 Å². The highest BCUT2D eigenvalue weighted by molar-refractivity contribution is 7.97. The van der Waals surface area contributed by atoms with E-state index >= 15 is 0 Å². The molecule has 2 aromatic rings. The Morgan fingerprint density at radius 2 is 2.17 bits per heavy atom. The van der Waals surface area contributed by atoms with Gasteiger partial charge < -0.3 is 19.4 Å². The first kappa shape index (κ1) is 22.6. The fourth-order valence-electron chi connectivity index (χ4n) is 3.68. The predicted molar refractivity (Wildman–Crippen MR) is 120 cm³/mol. The fourth-order valence-corrected chi connectivity index (χ4v) is 4.29. The Labute approximate surface area is 186 Å². The molecule has 1 fully saturated rings. The monoisotopic (exact) mass is 450 g/mol. The number of nitrogens with one attached hydrogen (secondary N) is 1. The average molecular weight is 451 g/mol. The molecule has 0 aliphatic carbocycles. The van der Waals surface area contributed by atoms with E-state index in [9.17, 15) is 9.59 Å². The number of thioether (sulfide) groups is 1. The van der Waals surface area contributed by atoms with E-state index in [0.717, 1.165) is 30.9 Å². The number of ether oxygens (including phenoxy) is 1. The van der Waals surface area contributed by atoms with Gasteiger partial charge in [-0.2, -0.15) is 11.8 Å². The second-order valence-corrected chi connectivity index (χ2v) is 8.69. The number of carbonyl (C=O) groups is 2. The van der Waals surface area contributed by atoms with Gasteiger partial charge in [0.25, 0.3) is 5.91 Å². The number of anilines is 1. The third kappa shape index (κ3) is 5.95. The van der Waals surface area contributed by atoms with Gasteiger partial charge in [0.1, 0.15) is 11.5 Å². The highest BCUT2D eigenvalue weighted by Gasteiger charge is 2.26. The van der Waals surface area contributed by atoms with Gasteiger partial charge in [0.15, 0.2) is 5.76 Å². The number of furan rings is 1. The number of hydrogen-bond donors (Lipinski definition) is 1. The van der Waals surface area contributed by atoms with Crippen LogP contribution in [0.4, 0.5) is 5.69 Å².